The Balaban J connectivity index is 2.30. The molecule has 0 aromatic heterocycles. The zero-order valence-corrected chi connectivity index (χ0v) is 8.04. The zero-order chi connectivity index (χ0) is 10.1. The van der Waals surface area contributed by atoms with Crippen LogP contribution in [0.5, 0.6) is 0 Å². The Morgan fingerprint density at radius 1 is 1.77 bits per heavy atom. The highest BCUT2D eigenvalue weighted by Gasteiger charge is 2.37. The van der Waals surface area contributed by atoms with E-state index in [0.29, 0.717) is 0 Å². The molecule has 0 radical (unpaired) electrons. The van der Waals surface area contributed by atoms with Crippen molar-refractivity contribution in [2.75, 3.05) is 13.2 Å². The predicted octanol–water partition coefficient (Wildman–Crippen LogP) is 0.613. The quantitative estimate of drug-likeness (QED) is 0.673. The molecule has 78 valence electrons. The van der Waals surface area contributed by atoms with Crippen LogP contribution in [0.25, 0.3) is 0 Å². The van der Waals surface area contributed by atoms with Gasteiger partial charge in [-0.15, -0.1) is 0 Å². The van der Waals surface area contributed by atoms with Gasteiger partial charge in [-0.25, -0.2) is 8.96 Å². The fourth-order valence-electron chi connectivity index (χ4n) is 1.17. The van der Waals surface area contributed by atoms with Crippen molar-refractivity contribution in [3.05, 3.63) is 0 Å². The van der Waals surface area contributed by atoms with E-state index in [0.717, 1.165) is 0 Å². The van der Waals surface area contributed by atoms with Crippen molar-refractivity contribution in [3.63, 3.8) is 0 Å². The first kappa shape index (κ1) is 11.1. The van der Waals surface area contributed by atoms with E-state index in [-0.39, 0.29) is 19.6 Å². The van der Waals surface area contributed by atoms with Gasteiger partial charge in [0.25, 0.3) is 0 Å². The average molecular weight is 214 g/mol. The number of halogens is 1. The molecule has 0 unspecified atom stereocenters. The number of phosphoric acid groups is 1. The summed E-state index contributed by atoms with van der Waals surface area (Å²) in [7, 11) is -4.46. The second-order valence-corrected chi connectivity index (χ2v) is 4.58. The molecule has 13 heavy (non-hydrogen) atoms. The lowest BCUT2D eigenvalue weighted by Gasteiger charge is -2.11. The topological polar surface area (TPSA) is 76.0 Å². The molecule has 0 aromatic carbocycles. The van der Waals surface area contributed by atoms with Gasteiger partial charge >= 0.3 is 7.82 Å². The first-order valence-corrected chi connectivity index (χ1v) is 5.32. The summed E-state index contributed by atoms with van der Waals surface area (Å²) < 4.78 is 32.5. The van der Waals surface area contributed by atoms with Crippen LogP contribution in [-0.2, 0) is 13.8 Å². The largest absolute Gasteiger partial charge is 0.469 e. The van der Waals surface area contributed by atoms with E-state index in [1.165, 1.54) is 6.92 Å². The van der Waals surface area contributed by atoms with Crippen LogP contribution >= 0.6 is 7.82 Å². The van der Waals surface area contributed by atoms with Gasteiger partial charge in [-0.05, 0) is 6.92 Å². The van der Waals surface area contributed by atoms with E-state index in [2.05, 4.69) is 4.52 Å². The van der Waals surface area contributed by atoms with Gasteiger partial charge in [-0.2, -0.15) is 0 Å². The summed E-state index contributed by atoms with van der Waals surface area (Å²) in [6, 6.07) is 0. The number of hydrogen-bond donors (Lipinski definition) is 2. The minimum absolute atomic E-state index is 0.0534. The van der Waals surface area contributed by atoms with Crippen molar-refractivity contribution >= 4 is 7.82 Å². The SMILES string of the molecule is C[C@]1(F)CO[C@H](COP(=O)(O)O)C1. The Hall–Kier alpha value is -0.0000000000000000416. The van der Waals surface area contributed by atoms with Gasteiger partial charge in [0.15, 0.2) is 0 Å². The molecule has 0 aliphatic carbocycles. The molecule has 1 saturated heterocycles. The zero-order valence-electron chi connectivity index (χ0n) is 7.14. The summed E-state index contributed by atoms with van der Waals surface area (Å²) in [6.07, 6.45) is -0.463. The van der Waals surface area contributed by atoms with Crippen LogP contribution in [0.4, 0.5) is 4.39 Å². The molecule has 1 aliphatic rings. The maximum absolute atomic E-state index is 13.1. The van der Waals surface area contributed by atoms with E-state index >= 15 is 0 Å². The van der Waals surface area contributed by atoms with Gasteiger partial charge in [0.2, 0.25) is 0 Å². The van der Waals surface area contributed by atoms with E-state index in [9.17, 15) is 8.96 Å². The Kier molecular flexibility index (Phi) is 3.09. The highest BCUT2D eigenvalue weighted by atomic mass is 31.2. The van der Waals surface area contributed by atoms with Crippen molar-refractivity contribution < 1.29 is 28.0 Å². The molecule has 1 aliphatic heterocycles. The average Bonchev–Trinajstić information content (AvgIpc) is 2.24. The Labute approximate surface area is 75.1 Å². The summed E-state index contributed by atoms with van der Waals surface area (Å²) in [4.78, 5) is 16.7. The van der Waals surface area contributed by atoms with Crippen LogP contribution in [0, 0.1) is 0 Å². The standard InChI is InChI=1S/C6H12FO5P/c1-6(7)2-5(11-4-6)3-12-13(8,9)10/h5H,2-4H2,1H3,(H2,8,9,10)/t5-,6+/m0/s1. The molecule has 7 heteroatoms. The second-order valence-electron chi connectivity index (χ2n) is 3.34. The molecule has 0 spiro atoms. The molecule has 1 rings (SSSR count). The lowest BCUT2D eigenvalue weighted by molar-refractivity contribution is 0.0472. The third-order valence-electron chi connectivity index (χ3n) is 1.70. The number of alkyl halides is 1. The number of phosphoric ester groups is 1. The van der Waals surface area contributed by atoms with Crippen molar-refractivity contribution in [1.29, 1.82) is 0 Å². The molecule has 0 bridgehead atoms. The monoisotopic (exact) mass is 214 g/mol. The normalized spacial score (nSPS) is 35.2. The second kappa shape index (κ2) is 3.63. The Morgan fingerprint density at radius 2 is 2.38 bits per heavy atom. The van der Waals surface area contributed by atoms with Gasteiger partial charge in [0, 0.05) is 6.42 Å². The number of hydrogen-bond acceptors (Lipinski definition) is 3. The van der Waals surface area contributed by atoms with E-state index in [4.69, 9.17) is 14.5 Å². The molecule has 0 amide bonds. The van der Waals surface area contributed by atoms with E-state index < -0.39 is 19.6 Å². The maximum Gasteiger partial charge on any atom is 0.469 e. The highest BCUT2D eigenvalue weighted by Crippen LogP contribution is 2.37. The molecule has 2 N–H and O–H groups in total. The third kappa shape index (κ3) is 4.15. The predicted molar refractivity (Wildman–Crippen MR) is 41.9 cm³/mol. The first-order valence-electron chi connectivity index (χ1n) is 3.79. The Bertz CT molecular complexity index is 225. The van der Waals surface area contributed by atoms with E-state index in [1.54, 1.807) is 0 Å². The summed E-state index contributed by atoms with van der Waals surface area (Å²) in [5.41, 5.74) is -1.41. The van der Waals surface area contributed by atoms with Crippen molar-refractivity contribution in [1.82, 2.24) is 0 Å². The van der Waals surface area contributed by atoms with Gasteiger partial charge in [0.05, 0.1) is 19.3 Å². The van der Waals surface area contributed by atoms with Crippen LogP contribution in [0.2, 0.25) is 0 Å². The molecule has 0 saturated carbocycles. The highest BCUT2D eigenvalue weighted by molar-refractivity contribution is 7.46. The smallest absolute Gasteiger partial charge is 0.372 e. The van der Waals surface area contributed by atoms with Gasteiger partial charge in [0.1, 0.15) is 5.67 Å². The molecule has 5 nitrogen and oxygen atoms in total. The fraction of sp³-hybridized carbons (Fsp3) is 1.00. The molecule has 0 aromatic rings. The van der Waals surface area contributed by atoms with Crippen molar-refractivity contribution in [2.24, 2.45) is 0 Å². The van der Waals surface area contributed by atoms with Crippen LogP contribution in [0.15, 0.2) is 0 Å². The Morgan fingerprint density at radius 3 is 2.77 bits per heavy atom. The van der Waals surface area contributed by atoms with Crippen molar-refractivity contribution in [2.45, 2.75) is 25.1 Å². The number of ether oxygens (including phenoxy) is 1. The van der Waals surface area contributed by atoms with Crippen LogP contribution in [-0.4, -0.2) is 34.8 Å². The summed E-state index contributed by atoms with van der Waals surface area (Å²) in [5.74, 6) is 0. The van der Waals surface area contributed by atoms with Crippen LogP contribution < -0.4 is 0 Å². The summed E-state index contributed by atoms with van der Waals surface area (Å²) in [6.45, 7) is 1.05. The molecule has 1 fully saturated rings. The van der Waals surface area contributed by atoms with Gasteiger partial charge < -0.3 is 14.5 Å². The fourth-order valence-corrected chi connectivity index (χ4v) is 1.53. The molecule has 1 heterocycles. The van der Waals surface area contributed by atoms with Gasteiger partial charge in [-0.3, -0.25) is 4.52 Å². The van der Waals surface area contributed by atoms with Gasteiger partial charge in [-0.1, -0.05) is 0 Å². The first-order chi connectivity index (χ1) is 5.79. The summed E-state index contributed by atoms with van der Waals surface area (Å²) in [5, 5.41) is 0. The molecule has 2 atom stereocenters. The van der Waals surface area contributed by atoms with Crippen molar-refractivity contribution in [3.8, 4) is 0 Å². The van der Waals surface area contributed by atoms with E-state index in [1.807, 2.05) is 0 Å². The lowest BCUT2D eigenvalue weighted by atomic mass is 10.1. The third-order valence-corrected chi connectivity index (χ3v) is 2.19. The minimum Gasteiger partial charge on any atom is -0.372 e. The molecular formula is C6H12FO5P. The minimum atomic E-state index is -4.46. The van der Waals surface area contributed by atoms with Crippen LogP contribution in [0.3, 0.4) is 0 Å². The van der Waals surface area contributed by atoms with Crippen LogP contribution in [0.1, 0.15) is 13.3 Å². The summed E-state index contributed by atoms with van der Waals surface area (Å²) >= 11 is 0. The lowest BCUT2D eigenvalue weighted by Crippen LogP contribution is -2.18. The maximum atomic E-state index is 13.1. The number of rotatable bonds is 3. The molecular weight excluding hydrogens is 202 g/mol.